The van der Waals surface area contributed by atoms with Crippen molar-refractivity contribution >= 4 is 11.0 Å². The summed E-state index contributed by atoms with van der Waals surface area (Å²) in [6.07, 6.45) is -1.61. The zero-order valence-corrected chi connectivity index (χ0v) is 10.2. The second-order valence-corrected chi connectivity index (χ2v) is 5.12. The molecule has 3 N–H and O–H groups in total. The average molecular weight is 269 g/mol. The van der Waals surface area contributed by atoms with E-state index in [0.29, 0.717) is 11.0 Å². The van der Waals surface area contributed by atoms with Crippen molar-refractivity contribution in [2.24, 2.45) is 5.73 Å². The van der Waals surface area contributed by atoms with Crippen molar-refractivity contribution < 1.29 is 13.2 Å². The number of alkyl halides is 3. The number of imidazole rings is 1. The van der Waals surface area contributed by atoms with Crippen LogP contribution in [0.25, 0.3) is 11.0 Å². The first-order valence-electron chi connectivity index (χ1n) is 6.26. The predicted octanol–water partition coefficient (Wildman–Crippen LogP) is 3.18. The number of fused-ring (bicyclic) bond motifs is 1. The fourth-order valence-electron chi connectivity index (χ4n) is 2.66. The van der Waals surface area contributed by atoms with E-state index in [1.807, 2.05) is 0 Å². The zero-order valence-electron chi connectivity index (χ0n) is 10.2. The van der Waals surface area contributed by atoms with Gasteiger partial charge < -0.3 is 10.7 Å². The summed E-state index contributed by atoms with van der Waals surface area (Å²) in [6, 6.07) is 3.75. The highest BCUT2D eigenvalue weighted by molar-refractivity contribution is 5.76. The topological polar surface area (TPSA) is 54.7 Å². The molecule has 3 rings (SSSR count). The molecule has 102 valence electrons. The first-order valence-corrected chi connectivity index (χ1v) is 6.26. The molecule has 1 heterocycles. The Hall–Kier alpha value is -1.56. The lowest BCUT2D eigenvalue weighted by Crippen LogP contribution is -2.14. The van der Waals surface area contributed by atoms with Crippen molar-refractivity contribution in [3.63, 3.8) is 0 Å². The molecular weight excluding hydrogens is 255 g/mol. The number of halogens is 3. The van der Waals surface area contributed by atoms with Crippen LogP contribution >= 0.6 is 0 Å². The highest BCUT2D eigenvalue weighted by Gasteiger charge is 2.31. The van der Waals surface area contributed by atoms with E-state index in [4.69, 9.17) is 5.73 Å². The summed E-state index contributed by atoms with van der Waals surface area (Å²) in [6.45, 7) is 0. The number of aromatic amines is 1. The maximum atomic E-state index is 12.6. The van der Waals surface area contributed by atoms with Crippen LogP contribution in [-0.4, -0.2) is 16.0 Å². The van der Waals surface area contributed by atoms with E-state index in [-0.39, 0.29) is 12.0 Å². The van der Waals surface area contributed by atoms with Crippen molar-refractivity contribution in [2.45, 2.75) is 37.4 Å². The number of nitrogens with two attached hydrogens (primary N) is 1. The van der Waals surface area contributed by atoms with Crippen LogP contribution in [0, 0.1) is 0 Å². The Bertz CT molecular complexity index is 603. The van der Waals surface area contributed by atoms with Crippen molar-refractivity contribution in [1.29, 1.82) is 0 Å². The highest BCUT2D eigenvalue weighted by atomic mass is 19.4. The molecule has 0 aliphatic heterocycles. The molecule has 0 spiro atoms. The van der Waals surface area contributed by atoms with Crippen LogP contribution in [0.5, 0.6) is 0 Å². The van der Waals surface area contributed by atoms with Gasteiger partial charge in [-0.3, -0.25) is 0 Å². The number of nitrogens with zero attached hydrogens (tertiary/aromatic N) is 1. The van der Waals surface area contributed by atoms with E-state index < -0.39 is 11.7 Å². The fourth-order valence-corrected chi connectivity index (χ4v) is 2.66. The van der Waals surface area contributed by atoms with Crippen LogP contribution in [0.15, 0.2) is 18.2 Å². The first-order chi connectivity index (χ1) is 8.93. The van der Waals surface area contributed by atoms with Gasteiger partial charge in [0.15, 0.2) is 0 Å². The van der Waals surface area contributed by atoms with E-state index in [0.717, 1.165) is 37.2 Å². The molecule has 0 saturated heterocycles. The van der Waals surface area contributed by atoms with Crippen molar-refractivity contribution in [3.8, 4) is 0 Å². The number of hydrogen-bond acceptors (Lipinski definition) is 2. The normalized spacial score (nSPS) is 24.2. The summed E-state index contributed by atoms with van der Waals surface area (Å²) in [5, 5.41) is 0. The summed E-state index contributed by atoms with van der Waals surface area (Å²) >= 11 is 0. The SMILES string of the molecule is N[C@H]1CC[C@@H](c2nc3ccc(C(F)(F)F)cc3[nH]2)C1. The molecule has 1 aromatic heterocycles. The molecule has 1 aromatic carbocycles. The van der Waals surface area contributed by atoms with Gasteiger partial charge in [0.2, 0.25) is 0 Å². The van der Waals surface area contributed by atoms with Crippen molar-refractivity contribution in [1.82, 2.24) is 9.97 Å². The Morgan fingerprint density at radius 1 is 1.26 bits per heavy atom. The lowest BCUT2D eigenvalue weighted by Gasteiger charge is -2.05. The molecule has 2 aromatic rings. The second kappa shape index (κ2) is 4.23. The monoisotopic (exact) mass is 269 g/mol. The summed E-state index contributed by atoms with van der Waals surface area (Å²) in [7, 11) is 0. The summed E-state index contributed by atoms with van der Waals surface area (Å²) in [5.41, 5.74) is 6.20. The van der Waals surface area contributed by atoms with Gasteiger partial charge >= 0.3 is 6.18 Å². The molecule has 1 saturated carbocycles. The number of hydrogen-bond donors (Lipinski definition) is 2. The Morgan fingerprint density at radius 3 is 2.68 bits per heavy atom. The number of benzene rings is 1. The minimum absolute atomic E-state index is 0.170. The molecule has 1 aliphatic carbocycles. The highest BCUT2D eigenvalue weighted by Crippen LogP contribution is 2.34. The van der Waals surface area contributed by atoms with Crippen LogP contribution in [0.2, 0.25) is 0 Å². The zero-order chi connectivity index (χ0) is 13.6. The van der Waals surface area contributed by atoms with Crippen LogP contribution in [0.3, 0.4) is 0 Å². The van der Waals surface area contributed by atoms with E-state index in [1.165, 1.54) is 6.07 Å². The third-order valence-electron chi connectivity index (χ3n) is 3.69. The smallest absolute Gasteiger partial charge is 0.342 e. The Morgan fingerprint density at radius 2 is 2.05 bits per heavy atom. The van der Waals surface area contributed by atoms with Crippen LogP contribution < -0.4 is 5.73 Å². The average Bonchev–Trinajstić information content (AvgIpc) is 2.92. The Labute approximate surface area is 108 Å². The van der Waals surface area contributed by atoms with Gasteiger partial charge in [-0.05, 0) is 37.5 Å². The summed E-state index contributed by atoms with van der Waals surface area (Å²) < 4.78 is 37.9. The number of H-pyrrole nitrogens is 1. The van der Waals surface area contributed by atoms with E-state index in [1.54, 1.807) is 0 Å². The lowest BCUT2D eigenvalue weighted by molar-refractivity contribution is -0.137. The van der Waals surface area contributed by atoms with Gasteiger partial charge in [-0.2, -0.15) is 13.2 Å². The molecule has 1 aliphatic rings. The molecule has 0 amide bonds. The summed E-state index contributed by atoms with van der Waals surface area (Å²) in [5.74, 6) is 0.985. The number of aromatic nitrogens is 2. The molecule has 0 unspecified atom stereocenters. The quantitative estimate of drug-likeness (QED) is 0.835. The third kappa shape index (κ3) is 2.32. The van der Waals surface area contributed by atoms with Crippen LogP contribution in [0.4, 0.5) is 13.2 Å². The molecule has 3 nitrogen and oxygen atoms in total. The van der Waals surface area contributed by atoms with Gasteiger partial charge in [0.05, 0.1) is 16.6 Å². The first kappa shape index (κ1) is 12.5. The van der Waals surface area contributed by atoms with Gasteiger partial charge in [-0.1, -0.05) is 0 Å². The fraction of sp³-hybridized carbons (Fsp3) is 0.462. The maximum absolute atomic E-state index is 12.6. The van der Waals surface area contributed by atoms with Crippen LogP contribution in [0.1, 0.15) is 36.6 Å². The standard InChI is InChI=1S/C13H14F3N3/c14-13(15,16)8-2-4-10-11(6-8)19-12(18-10)7-1-3-9(17)5-7/h2,4,6-7,9H,1,3,5,17H2,(H,18,19)/t7-,9+/m1/s1. The number of nitrogens with one attached hydrogen (secondary N) is 1. The molecule has 0 radical (unpaired) electrons. The van der Waals surface area contributed by atoms with E-state index in [9.17, 15) is 13.2 Å². The Kier molecular flexibility index (Phi) is 2.78. The van der Waals surface area contributed by atoms with Gasteiger partial charge in [0, 0.05) is 12.0 Å². The lowest BCUT2D eigenvalue weighted by atomic mass is 10.1. The molecule has 2 atom stereocenters. The second-order valence-electron chi connectivity index (χ2n) is 5.12. The van der Waals surface area contributed by atoms with E-state index >= 15 is 0 Å². The minimum Gasteiger partial charge on any atom is -0.342 e. The predicted molar refractivity (Wildman–Crippen MR) is 65.7 cm³/mol. The maximum Gasteiger partial charge on any atom is 0.416 e. The molecular formula is C13H14F3N3. The van der Waals surface area contributed by atoms with Gasteiger partial charge in [0.1, 0.15) is 5.82 Å². The van der Waals surface area contributed by atoms with Gasteiger partial charge in [0.25, 0.3) is 0 Å². The van der Waals surface area contributed by atoms with E-state index in [2.05, 4.69) is 9.97 Å². The van der Waals surface area contributed by atoms with Gasteiger partial charge in [-0.25, -0.2) is 4.98 Å². The molecule has 0 bridgehead atoms. The third-order valence-corrected chi connectivity index (χ3v) is 3.69. The Balaban J connectivity index is 1.97. The van der Waals surface area contributed by atoms with Crippen LogP contribution in [-0.2, 0) is 6.18 Å². The largest absolute Gasteiger partial charge is 0.416 e. The van der Waals surface area contributed by atoms with Crippen molar-refractivity contribution in [3.05, 3.63) is 29.6 Å². The van der Waals surface area contributed by atoms with Gasteiger partial charge in [-0.15, -0.1) is 0 Å². The summed E-state index contributed by atoms with van der Waals surface area (Å²) in [4.78, 5) is 7.38. The minimum atomic E-state index is -4.32. The molecule has 1 fully saturated rings. The van der Waals surface area contributed by atoms with Crippen molar-refractivity contribution in [2.75, 3.05) is 0 Å². The number of rotatable bonds is 1. The molecule has 6 heteroatoms. The molecule has 19 heavy (non-hydrogen) atoms.